The first-order valence-corrected chi connectivity index (χ1v) is 4.04. The number of esters is 1. The Hall–Kier alpha value is -0.570. The summed E-state index contributed by atoms with van der Waals surface area (Å²) in [6.45, 7) is 3.94. The molecule has 0 spiro atoms. The van der Waals surface area contributed by atoms with E-state index in [0.717, 1.165) is 19.5 Å². The second kappa shape index (κ2) is 3.72. The van der Waals surface area contributed by atoms with Crippen molar-refractivity contribution >= 4 is 5.97 Å². The fraction of sp³-hybridized carbons (Fsp3) is 0.875. The molecule has 2 atom stereocenters. The predicted octanol–water partition coefficient (Wildman–Crippen LogP) is 0.405. The maximum absolute atomic E-state index is 11.1. The Bertz CT molecular complexity index is 147. The van der Waals surface area contributed by atoms with E-state index in [2.05, 4.69) is 12.2 Å². The van der Waals surface area contributed by atoms with Crippen LogP contribution in [0.1, 0.15) is 13.3 Å². The van der Waals surface area contributed by atoms with Crippen molar-refractivity contribution in [1.82, 2.24) is 5.32 Å². The summed E-state index contributed by atoms with van der Waals surface area (Å²) in [6.07, 6.45) is 0.911. The van der Waals surface area contributed by atoms with Gasteiger partial charge in [-0.1, -0.05) is 6.92 Å². The lowest BCUT2D eigenvalue weighted by Crippen LogP contribution is -2.39. The highest BCUT2D eigenvalue weighted by molar-refractivity contribution is 5.72. The van der Waals surface area contributed by atoms with E-state index in [1.807, 2.05) is 0 Å². The van der Waals surface area contributed by atoms with Crippen LogP contribution in [-0.4, -0.2) is 26.2 Å². The number of hydrogen-bond donors (Lipinski definition) is 1. The number of rotatable bonds is 1. The van der Waals surface area contributed by atoms with Crippen LogP contribution in [0.2, 0.25) is 0 Å². The van der Waals surface area contributed by atoms with E-state index in [1.54, 1.807) is 0 Å². The summed E-state index contributed by atoms with van der Waals surface area (Å²) in [5, 5.41) is 3.24. The van der Waals surface area contributed by atoms with Crippen molar-refractivity contribution in [3.05, 3.63) is 0 Å². The summed E-state index contributed by atoms with van der Waals surface area (Å²) in [4.78, 5) is 11.1. The highest BCUT2D eigenvalue weighted by Crippen LogP contribution is 2.19. The van der Waals surface area contributed by atoms with Gasteiger partial charge < -0.3 is 10.1 Å². The molecular formula is C8H15NO2. The molecule has 0 saturated carbocycles. The molecular weight excluding hydrogens is 142 g/mol. The zero-order valence-electron chi connectivity index (χ0n) is 7.09. The molecule has 1 aliphatic rings. The van der Waals surface area contributed by atoms with Gasteiger partial charge in [-0.15, -0.1) is 0 Å². The molecule has 0 radical (unpaired) electrons. The predicted molar refractivity (Wildman–Crippen MR) is 42.2 cm³/mol. The molecule has 0 unspecified atom stereocenters. The van der Waals surface area contributed by atoms with Crippen molar-refractivity contribution in [1.29, 1.82) is 0 Å². The molecule has 3 nitrogen and oxygen atoms in total. The van der Waals surface area contributed by atoms with Gasteiger partial charge in [0, 0.05) is 0 Å². The van der Waals surface area contributed by atoms with Crippen molar-refractivity contribution < 1.29 is 9.53 Å². The number of piperidine rings is 1. The highest BCUT2D eigenvalue weighted by Gasteiger charge is 2.27. The molecule has 0 amide bonds. The van der Waals surface area contributed by atoms with E-state index in [0.29, 0.717) is 5.92 Å². The van der Waals surface area contributed by atoms with Gasteiger partial charge in [0.2, 0.25) is 0 Å². The van der Waals surface area contributed by atoms with E-state index in [-0.39, 0.29) is 11.9 Å². The Kier molecular flexibility index (Phi) is 2.88. The van der Waals surface area contributed by atoms with Crippen LogP contribution in [0.25, 0.3) is 0 Å². The Labute approximate surface area is 67.1 Å². The molecule has 64 valence electrons. The Morgan fingerprint density at radius 3 is 2.91 bits per heavy atom. The molecule has 0 aromatic rings. The van der Waals surface area contributed by atoms with Crippen LogP contribution in [-0.2, 0) is 9.53 Å². The summed E-state index contributed by atoms with van der Waals surface area (Å²) in [6, 6.07) is 0. The van der Waals surface area contributed by atoms with Crippen LogP contribution in [0.3, 0.4) is 0 Å². The van der Waals surface area contributed by atoms with Gasteiger partial charge in [-0.25, -0.2) is 0 Å². The lowest BCUT2D eigenvalue weighted by Gasteiger charge is -2.26. The number of ether oxygens (including phenoxy) is 1. The summed E-state index contributed by atoms with van der Waals surface area (Å²) in [5.41, 5.74) is 0. The number of methoxy groups -OCH3 is 1. The van der Waals surface area contributed by atoms with E-state index in [1.165, 1.54) is 7.11 Å². The molecule has 11 heavy (non-hydrogen) atoms. The number of carbonyl (C=O) groups is 1. The minimum Gasteiger partial charge on any atom is -0.469 e. The third-order valence-corrected chi connectivity index (χ3v) is 2.29. The smallest absolute Gasteiger partial charge is 0.309 e. The lowest BCUT2D eigenvalue weighted by atomic mass is 9.88. The van der Waals surface area contributed by atoms with Crippen molar-refractivity contribution in [2.24, 2.45) is 11.8 Å². The van der Waals surface area contributed by atoms with Crippen LogP contribution in [0.5, 0.6) is 0 Å². The normalized spacial score (nSPS) is 31.5. The molecule has 3 heteroatoms. The third kappa shape index (κ3) is 1.93. The SMILES string of the molecule is COC(=O)[C@@H]1CCNC[C@H]1C. The molecule has 0 aromatic heterocycles. The topological polar surface area (TPSA) is 38.3 Å². The van der Waals surface area contributed by atoms with E-state index in [9.17, 15) is 4.79 Å². The molecule has 1 aliphatic heterocycles. The fourth-order valence-corrected chi connectivity index (χ4v) is 1.52. The van der Waals surface area contributed by atoms with Crippen LogP contribution in [0.4, 0.5) is 0 Å². The average Bonchev–Trinajstić information content (AvgIpc) is 2.04. The first-order chi connectivity index (χ1) is 5.25. The summed E-state index contributed by atoms with van der Waals surface area (Å²) in [7, 11) is 1.46. The van der Waals surface area contributed by atoms with Crippen molar-refractivity contribution in [2.45, 2.75) is 13.3 Å². The van der Waals surface area contributed by atoms with Crippen LogP contribution < -0.4 is 5.32 Å². The Morgan fingerprint density at radius 1 is 1.64 bits per heavy atom. The molecule has 0 aliphatic carbocycles. The van der Waals surface area contributed by atoms with Gasteiger partial charge in [-0.05, 0) is 25.4 Å². The highest BCUT2D eigenvalue weighted by atomic mass is 16.5. The minimum atomic E-state index is -0.0565. The lowest BCUT2D eigenvalue weighted by molar-refractivity contribution is -0.148. The molecule has 1 saturated heterocycles. The number of carbonyl (C=O) groups excluding carboxylic acids is 1. The molecule has 1 heterocycles. The van der Waals surface area contributed by atoms with Gasteiger partial charge in [0.1, 0.15) is 0 Å². The third-order valence-electron chi connectivity index (χ3n) is 2.29. The van der Waals surface area contributed by atoms with Crippen molar-refractivity contribution in [2.75, 3.05) is 20.2 Å². The molecule has 0 bridgehead atoms. The molecule has 1 rings (SSSR count). The first-order valence-electron chi connectivity index (χ1n) is 4.04. The van der Waals surface area contributed by atoms with Crippen molar-refractivity contribution in [3.8, 4) is 0 Å². The minimum absolute atomic E-state index is 0.0565. The molecule has 1 fully saturated rings. The van der Waals surface area contributed by atoms with Gasteiger partial charge in [-0.3, -0.25) is 4.79 Å². The Morgan fingerprint density at radius 2 is 2.36 bits per heavy atom. The summed E-state index contributed by atoms with van der Waals surface area (Å²) >= 11 is 0. The summed E-state index contributed by atoms with van der Waals surface area (Å²) in [5.74, 6) is 0.469. The maximum Gasteiger partial charge on any atom is 0.309 e. The quantitative estimate of drug-likeness (QED) is 0.560. The van der Waals surface area contributed by atoms with Gasteiger partial charge in [-0.2, -0.15) is 0 Å². The van der Waals surface area contributed by atoms with Crippen LogP contribution in [0, 0.1) is 11.8 Å². The molecule has 1 N–H and O–H groups in total. The second-order valence-electron chi connectivity index (χ2n) is 3.10. The monoisotopic (exact) mass is 157 g/mol. The van der Waals surface area contributed by atoms with Gasteiger partial charge in [0.15, 0.2) is 0 Å². The molecule has 0 aromatic carbocycles. The van der Waals surface area contributed by atoms with E-state index in [4.69, 9.17) is 4.74 Å². The number of hydrogen-bond acceptors (Lipinski definition) is 3. The van der Waals surface area contributed by atoms with Gasteiger partial charge in [0.25, 0.3) is 0 Å². The zero-order chi connectivity index (χ0) is 8.27. The van der Waals surface area contributed by atoms with Crippen LogP contribution >= 0.6 is 0 Å². The summed E-state index contributed by atoms with van der Waals surface area (Å²) < 4.78 is 4.69. The number of nitrogens with one attached hydrogen (secondary N) is 1. The standard InChI is InChI=1S/C8H15NO2/c1-6-5-9-4-3-7(6)8(10)11-2/h6-7,9H,3-5H2,1-2H3/t6-,7-/m1/s1. The van der Waals surface area contributed by atoms with Crippen LogP contribution in [0.15, 0.2) is 0 Å². The average molecular weight is 157 g/mol. The van der Waals surface area contributed by atoms with E-state index >= 15 is 0 Å². The first kappa shape index (κ1) is 8.53. The second-order valence-corrected chi connectivity index (χ2v) is 3.10. The van der Waals surface area contributed by atoms with Gasteiger partial charge in [0.05, 0.1) is 13.0 Å². The zero-order valence-corrected chi connectivity index (χ0v) is 7.09. The van der Waals surface area contributed by atoms with Crippen molar-refractivity contribution in [3.63, 3.8) is 0 Å². The largest absolute Gasteiger partial charge is 0.469 e. The van der Waals surface area contributed by atoms with E-state index < -0.39 is 0 Å². The Balaban J connectivity index is 2.47. The maximum atomic E-state index is 11.1. The fourth-order valence-electron chi connectivity index (χ4n) is 1.52. The van der Waals surface area contributed by atoms with Gasteiger partial charge >= 0.3 is 5.97 Å².